The third kappa shape index (κ3) is 3.94. The first-order valence-corrected chi connectivity index (χ1v) is 9.89. The quantitative estimate of drug-likeness (QED) is 0.625. The second-order valence-corrected chi connectivity index (χ2v) is 7.07. The summed E-state index contributed by atoms with van der Waals surface area (Å²) in [7, 11) is 4.43. The Morgan fingerprint density at radius 3 is 2.56 bits per heavy atom. The molecule has 2 aromatic carbocycles. The zero-order chi connectivity index (χ0) is 22.7. The van der Waals surface area contributed by atoms with Gasteiger partial charge in [-0.3, -0.25) is 14.6 Å². The number of rotatable bonds is 6. The molecule has 1 atom stereocenters. The summed E-state index contributed by atoms with van der Waals surface area (Å²) in [6.45, 7) is 0. The van der Waals surface area contributed by atoms with Crippen LogP contribution in [-0.4, -0.2) is 38.0 Å². The van der Waals surface area contributed by atoms with E-state index in [0.29, 0.717) is 39.6 Å². The molecule has 1 aromatic heterocycles. The number of benzene rings is 2. The summed E-state index contributed by atoms with van der Waals surface area (Å²) < 4.78 is 22.3. The summed E-state index contributed by atoms with van der Waals surface area (Å²) in [5, 5.41) is 2.80. The molecule has 3 aromatic rings. The average Bonchev–Trinajstić information content (AvgIpc) is 2.83. The van der Waals surface area contributed by atoms with Crippen LogP contribution in [0.3, 0.4) is 0 Å². The standard InChI is InChI=1S/C24H22N2O6/c1-29-20-12-19-21(23(31-3)22(20)30-2)17(27)11-18(32-19)14-6-4-7-15(10-14)24(28)26-16-8-5-9-25-13-16/h4-10,12-13,18H,11H2,1-3H3,(H,26,28). The fraction of sp³-hybridized carbons (Fsp3) is 0.208. The van der Waals surface area contributed by atoms with Crippen LogP contribution >= 0.6 is 0 Å². The van der Waals surface area contributed by atoms with Gasteiger partial charge in [0.2, 0.25) is 5.75 Å². The second kappa shape index (κ2) is 8.97. The average molecular weight is 434 g/mol. The maximum absolute atomic E-state index is 13.0. The van der Waals surface area contributed by atoms with Gasteiger partial charge in [0, 0.05) is 17.8 Å². The molecule has 0 radical (unpaired) electrons. The first-order chi connectivity index (χ1) is 15.5. The molecule has 1 unspecified atom stereocenters. The van der Waals surface area contributed by atoms with Crippen LogP contribution in [0.15, 0.2) is 54.9 Å². The topological polar surface area (TPSA) is 96.0 Å². The number of fused-ring (bicyclic) bond motifs is 1. The Morgan fingerprint density at radius 2 is 1.88 bits per heavy atom. The lowest BCUT2D eigenvalue weighted by Crippen LogP contribution is -2.22. The van der Waals surface area contributed by atoms with Gasteiger partial charge in [-0.2, -0.15) is 0 Å². The number of methoxy groups -OCH3 is 3. The number of nitrogens with one attached hydrogen (secondary N) is 1. The van der Waals surface area contributed by atoms with Crippen LogP contribution in [0.4, 0.5) is 5.69 Å². The minimum Gasteiger partial charge on any atom is -0.493 e. The number of carbonyl (C=O) groups is 2. The van der Waals surface area contributed by atoms with Crippen molar-refractivity contribution in [3.8, 4) is 23.0 Å². The van der Waals surface area contributed by atoms with Crippen molar-refractivity contribution in [2.45, 2.75) is 12.5 Å². The SMILES string of the molecule is COc1cc2c(c(OC)c1OC)C(=O)CC(c1cccc(C(=O)Nc3cccnc3)c1)O2. The molecule has 1 aliphatic heterocycles. The third-order valence-corrected chi connectivity index (χ3v) is 5.15. The fourth-order valence-electron chi connectivity index (χ4n) is 3.66. The van der Waals surface area contributed by atoms with Crippen LogP contribution in [0.25, 0.3) is 0 Å². The van der Waals surface area contributed by atoms with E-state index in [9.17, 15) is 9.59 Å². The van der Waals surface area contributed by atoms with Crippen molar-refractivity contribution in [1.82, 2.24) is 4.98 Å². The maximum Gasteiger partial charge on any atom is 0.255 e. The zero-order valence-electron chi connectivity index (χ0n) is 17.9. The summed E-state index contributed by atoms with van der Waals surface area (Å²) in [5.41, 5.74) is 2.05. The molecule has 0 aliphatic carbocycles. The summed E-state index contributed by atoms with van der Waals surface area (Å²) >= 11 is 0. The van der Waals surface area contributed by atoms with Crippen molar-refractivity contribution in [3.05, 3.63) is 71.5 Å². The Labute approximate surface area is 185 Å². The first kappa shape index (κ1) is 21.2. The molecule has 1 aliphatic rings. The minimum atomic E-state index is -0.566. The van der Waals surface area contributed by atoms with Gasteiger partial charge in [-0.05, 0) is 29.8 Å². The van der Waals surface area contributed by atoms with E-state index in [1.165, 1.54) is 21.3 Å². The number of amides is 1. The number of hydrogen-bond acceptors (Lipinski definition) is 7. The number of hydrogen-bond donors (Lipinski definition) is 1. The molecule has 8 heteroatoms. The molecule has 4 rings (SSSR count). The Kier molecular flexibility index (Phi) is 5.93. The van der Waals surface area contributed by atoms with E-state index in [4.69, 9.17) is 18.9 Å². The summed E-state index contributed by atoms with van der Waals surface area (Å²) in [5.74, 6) is 0.898. The molecule has 2 heterocycles. The highest BCUT2D eigenvalue weighted by atomic mass is 16.5. The van der Waals surface area contributed by atoms with Gasteiger partial charge >= 0.3 is 0 Å². The van der Waals surface area contributed by atoms with E-state index in [1.807, 2.05) is 6.07 Å². The molecule has 0 fully saturated rings. The fourth-order valence-corrected chi connectivity index (χ4v) is 3.66. The number of anilines is 1. The molecule has 1 N–H and O–H groups in total. The number of pyridine rings is 1. The van der Waals surface area contributed by atoms with Gasteiger partial charge in [-0.15, -0.1) is 0 Å². The molecule has 8 nitrogen and oxygen atoms in total. The van der Waals surface area contributed by atoms with Gasteiger partial charge < -0.3 is 24.3 Å². The van der Waals surface area contributed by atoms with Gasteiger partial charge in [-0.1, -0.05) is 12.1 Å². The Morgan fingerprint density at radius 1 is 1.06 bits per heavy atom. The highest BCUT2D eigenvalue weighted by Crippen LogP contribution is 2.49. The van der Waals surface area contributed by atoms with E-state index >= 15 is 0 Å². The smallest absolute Gasteiger partial charge is 0.255 e. The van der Waals surface area contributed by atoms with Crippen molar-refractivity contribution in [2.24, 2.45) is 0 Å². The molecule has 0 saturated heterocycles. The zero-order valence-corrected chi connectivity index (χ0v) is 17.9. The Balaban J connectivity index is 1.64. The van der Waals surface area contributed by atoms with Crippen LogP contribution in [0.2, 0.25) is 0 Å². The molecular formula is C24H22N2O6. The summed E-state index contributed by atoms with van der Waals surface area (Å²) in [4.78, 5) is 29.7. The predicted octanol–water partition coefficient (Wildman–Crippen LogP) is 4.07. The highest BCUT2D eigenvalue weighted by Gasteiger charge is 2.34. The lowest BCUT2D eigenvalue weighted by molar-refractivity contribution is 0.0842. The predicted molar refractivity (Wildman–Crippen MR) is 117 cm³/mol. The molecular weight excluding hydrogens is 412 g/mol. The van der Waals surface area contributed by atoms with Gasteiger partial charge in [0.25, 0.3) is 5.91 Å². The van der Waals surface area contributed by atoms with Crippen LogP contribution in [0, 0.1) is 0 Å². The number of ketones is 1. The molecule has 32 heavy (non-hydrogen) atoms. The van der Waals surface area contributed by atoms with Crippen molar-refractivity contribution < 1.29 is 28.5 Å². The van der Waals surface area contributed by atoms with Crippen LogP contribution in [0.5, 0.6) is 23.0 Å². The molecule has 164 valence electrons. The maximum atomic E-state index is 13.0. The van der Waals surface area contributed by atoms with Gasteiger partial charge in [0.15, 0.2) is 17.3 Å². The molecule has 0 bridgehead atoms. The van der Waals surface area contributed by atoms with Gasteiger partial charge in [0.1, 0.15) is 17.4 Å². The second-order valence-electron chi connectivity index (χ2n) is 7.07. The summed E-state index contributed by atoms with van der Waals surface area (Å²) in [6.07, 6.45) is 2.72. The highest BCUT2D eigenvalue weighted by molar-refractivity contribution is 6.05. The number of ether oxygens (including phenoxy) is 4. The van der Waals surface area contributed by atoms with Crippen molar-refractivity contribution in [2.75, 3.05) is 26.6 Å². The largest absolute Gasteiger partial charge is 0.493 e. The Bertz CT molecular complexity index is 1160. The third-order valence-electron chi connectivity index (χ3n) is 5.15. The van der Waals surface area contributed by atoms with Crippen molar-refractivity contribution >= 4 is 17.4 Å². The molecule has 0 saturated carbocycles. The van der Waals surface area contributed by atoms with Crippen LogP contribution < -0.4 is 24.3 Å². The van der Waals surface area contributed by atoms with E-state index in [0.717, 1.165) is 0 Å². The number of aromatic nitrogens is 1. The lowest BCUT2D eigenvalue weighted by atomic mass is 9.94. The van der Waals surface area contributed by atoms with Gasteiger partial charge in [0.05, 0.1) is 39.6 Å². The van der Waals surface area contributed by atoms with Crippen LogP contribution in [0.1, 0.15) is 38.8 Å². The van der Waals surface area contributed by atoms with Crippen LogP contribution in [-0.2, 0) is 0 Å². The number of nitrogens with zero attached hydrogens (tertiary/aromatic N) is 1. The van der Waals surface area contributed by atoms with Gasteiger partial charge in [-0.25, -0.2) is 0 Å². The van der Waals surface area contributed by atoms with E-state index in [2.05, 4.69) is 10.3 Å². The molecule has 1 amide bonds. The monoisotopic (exact) mass is 434 g/mol. The number of Topliss-reactive ketones (excluding diaryl/α,β-unsaturated/α-hetero) is 1. The van der Waals surface area contributed by atoms with Crippen molar-refractivity contribution in [3.63, 3.8) is 0 Å². The summed E-state index contributed by atoms with van der Waals surface area (Å²) in [6, 6.07) is 12.1. The van der Waals surface area contributed by atoms with E-state index < -0.39 is 6.10 Å². The minimum absolute atomic E-state index is 0.0898. The van der Waals surface area contributed by atoms with E-state index in [-0.39, 0.29) is 23.9 Å². The van der Waals surface area contributed by atoms with E-state index in [1.54, 1.807) is 48.8 Å². The normalized spacial score (nSPS) is 14.7. The first-order valence-electron chi connectivity index (χ1n) is 9.89. The lowest BCUT2D eigenvalue weighted by Gasteiger charge is -2.28. The van der Waals surface area contributed by atoms with Crippen molar-refractivity contribution in [1.29, 1.82) is 0 Å². The molecule has 0 spiro atoms. The number of carbonyl (C=O) groups excluding carboxylic acids is 2. The Hall–Kier alpha value is -4.07.